The lowest BCUT2D eigenvalue weighted by atomic mass is 9.92. The predicted molar refractivity (Wildman–Crippen MR) is 87.2 cm³/mol. The van der Waals surface area contributed by atoms with E-state index in [-0.39, 0.29) is 6.10 Å². The van der Waals surface area contributed by atoms with E-state index in [4.69, 9.17) is 21.6 Å². The highest BCUT2D eigenvalue weighted by Gasteiger charge is 2.28. The normalized spacial score (nSPS) is 20.9. The van der Waals surface area contributed by atoms with Crippen LogP contribution in [-0.4, -0.2) is 28.3 Å². The molecule has 0 aliphatic carbocycles. The van der Waals surface area contributed by atoms with Gasteiger partial charge in [0.25, 0.3) is 0 Å². The molecule has 3 rings (SSSR count). The Balaban J connectivity index is 1.72. The van der Waals surface area contributed by atoms with Gasteiger partial charge in [-0.15, -0.1) is 0 Å². The van der Waals surface area contributed by atoms with Gasteiger partial charge in [-0.05, 0) is 31.9 Å². The summed E-state index contributed by atoms with van der Waals surface area (Å²) in [6.45, 7) is 3.26. The Labute approximate surface area is 139 Å². The quantitative estimate of drug-likeness (QED) is 0.898. The minimum absolute atomic E-state index is 0.00277. The SMILES string of the molecule is Cc1nc(NC[C@@H]2CCCO[C@H]2c2ccn[nH]2)c(Cl)cc1C#N. The smallest absolute Gasteiger partial charge is 0.145 e. The average Bonchev–Trinajstić information content (AvgIpc) is 3.10. The van der Waals surface area contributed by atoms with E-state index >= 15 is 0 Å². The highest BCUT2D eigenvalue weighted by atomic mass is 35.5. The first-order valence-corrected chi connectivity index (χ1v) is 7.99. The number of H-pyrrole nitrogens is 1. The Morgan fingerprint density at radius 2 is 2.43 bits per heavy atom. The molecule has 7 heteroatoms. The largest absolute Gasteiger partial charge is 0.372 e. The lowest BCUT2D eigenvalue weighted by Crippen LogP contribution is -2.29. The maximum atomic E-state index is 9.01. The first-order valence-electron chi connectivity index (χ1n) is 7.61. The number of anilines is 1. The summed E-state index contributed by atoms with van der Waals surface area (Å²) in [5, 5.41) is 19.8. The Hall–Kier alpha value is -2.10. The number of nitrogens with zero attached hydrogens (tertiary/aromatic N) is 3. The molecular formula is C16H18ClN5O. The van der Waals surface area contributed by atoms with Crippen LogP contribution in [0.2, 0.25) is 5.02 Å². The zero-order chi connectivity index (χ0) is 16.2. The van der Waals surface area contributed by atoms with Crippen molar-refractivity contribution in [3.63, 3.8) is 0 Å². The van der Waals surface area contributed by atoms with Crippen LogP contribution >= 0.6 is 11.6 Å². The van der Waals surface area contributed by atoms with Crippen molar-refractivity contribution in [2.24, 2.45) is 5.92 Å². The van der Waals surface area contributed by atoms with Gasteiger partial charge in [-0.3, -0.25) is 5.10 Å². The van der Waals surface area contributed by atoms with Gasteiger partial charge in [0, 0.05) is 25.3 Å². The molecule has 0 aromatic carbocycles. The van der Waals surface area contributed by atoms with Crippen LogP contribution < -0.4 is 5.32 Å². The van der Waals surface area contributed by atoms with Crippen LogP contribution in [0.25, 0.3) is 0 Å². The van der Waals surface area contributed by atoms with Crippen molar-refractivity contribution in [1.82, 2.24) is 15.2 Å². The number of aromatic amines is 1. The zero-order valence-corrected chi connectivity index (χ0v) is 13.6. The van der Waals surface area contributed by atoms with Crippen LogP contribution in [0.15, 0.2) is 18.3 Å². The lowest BCUT2D eigenvalue weighted by Gasteiger charge is -2.31. The zero-order valence-electron chi connectivity index (χ0n) is 12.8. The van der Waals surface area contributed by atoms with E-state index in [9.17, 15) is 0 Å². The number of halogens is 1. The number of ether oxygens (including phenoxy) is 1. The van der Waals surface area contributed by atoms with E-state index < -0.39 is 0 Å². The van der Waals surface area contributed by atoms with Gasteiger partial charge in [0.05, 0.1) is 22.0 Å². The molecule has 0 bridgehead atoms. The fourth-order valence-corrected chi connectivity index (χ4v) is 3.09. The first kappa shape index (κ1) is 15.8. The van der Waals surface area contributed by atoms with Crippen LogP contribution in [0.5, 0.6) is 0 Å². The van der Waals surface area contributed by atoms with E-state index in [1.165, 1.54) is 0 Å². The van der Waals surface area contributed by atoms with E-state index in [1.807, 2.05) is 6.07 Å². The summed E-state index contributed by atoms with van der Waals surface area (Å²) in [5.74, 6) is 0.912. The molecule has 6 nitrogen and oxygen atoms in total. The Kier molecular flexibility index (Phi) is 4.79. The van der Waals surface area contributed by atoms with Crippen molar-refractivity contribution in [1.29, 1.82) is 5.26 Å². The Morgan fingerprint density at radius 1 is 1.57 bits per heavy atom. The van der Waals surface area contributed by atoms with Gasteiger partial charge in [-0.25, -0.2) is 4.98 Å². The number of hydrogen-bond acceptors (Lipinski definition) is 5. The van der Waals surface area contributed by atoms with Gasteiger partial charge in [0.2, 0.25) is 0 Å². The van der Waals surface area contributed by atoms with Crippen molar-refractivity contribution in [3.8, 4) is 6.07 Å². The highest BCUT2D eigenvalue weighted by molar-refractivity contribution is 6.33. The van der Waals surface area contributed by atoms with E-state index in [1.54, 1.807) is 19.2 Å². The molecule has 1 fully saturated rings. The van der Waals surface area contributed by atoms with E-state index in [0.29, 0.717) is 34.6 Å². The van der Waals surface area contributed by atoms with E-state index in [2.05, 4.69) is 26.6 Å². The second-order valence-electron chi connectivity index (χ2n) is 5.65. The number of aromatic nitrogens is 3. The molecule has 1 saturated heterocycles. The Morgan fingerprint density at radius 3 is 3.17 bits per heavy atom. The minimum atomic E-state index is -0.00277. The third kappa shape index (κ3) is 3.46. The molecule has 1 aliphatic rings. The van der Waals surface area contributed by atoms with Gasteiger partial charge in [0.1, 0.15) is 18.0 Å². The molecule has 1 aliphatic heterocycles. The summed E-state index contributed by atoms with van der Waals surface area (Å²) in [5.41, 5.74) is 2.16. The van der Waals surface area contributed by atoms with Gasteiger partial charge in [-0.1, -0.05) is 11.6 Å². The standard InChI is InChI=1S/C16H18ClN5O/c1-10-12(8-18)7-13(17)16(21-10)19-9-11-3-2-6-23-15(11)14-4-5-20-22-14/h4-5,7,11,15H,2-3,6,9H2,1H3,(H,19,21)(H,20,22)/t11-,15+/m0/s1. The molecule has 3 heterocycles. The monoisotopic (exact) mass is 331 g/mol. The fourth-order valence-electron chi connectivity index (χ4n) is 2.87. The molecule has 0 amide bonds. The van der Waals surface area contributed by atoms with Gasteiger partial charge >= 0.3 is 0 Å². The first-order chi connectivity index (χ1) is 11.2. The van der Waals surface area contributed by atoms with Crippen molar-refractivity contribution in [2.75, 3.05) is 18.5 Å². The van der Waals surface area contributed by atoms with Crippen molar-refractivity contribution >= 4 is 17.4 Å². The topological polar surface area (TPSA) is 86.6 Å². The second-order valence-corrected chi connectivity index (χ2v) is 6.06. The third-order valence-electron chi connectivity index (χ3n) is 4.09. The number of hydrogen-bond donors (Lipinski definition) is 2. The molecule has 23 heavy (non-hydrogen) atoms. The number of rotatable bonds is 4. The molecule has 0 unspecified atom stereocenters. The summed E-state index contributed by atoms with van der Waals surface area (Å²) in [4.78, 5) is 4.39. The summed E-state index contributed by atoms with van der Waals surface area (Å²) in [6.07, 6.45) is 3.82. The van der Waals surface area contributed by atoms with Crippen LogP contribution in [0.1, 0.15) is 35.9 Å². The molecule has 0 spiro atoms. The number of pyridine rings is 1. The summed E-state index contributed by atoms with van der Waals surface area (Å²) in [6, 6.07) is 5.68. The van der Waals surface area contributed by atoms with Crippen LogP contribution in [-0.2, 0) is 4.74 Å². The molecule has 120 valence electrons. The maximum absolute atomic E-state index is 9.01. The minimum Gasteiger partial charge on any atom is -0.372 e. The van der Waals surface area contributed by atoms with Crippen molar-refractivity contribution < 1.29 is 4.74 Å². The van der Waals surface area contributed by atoms with Crippen LogP contribution in [0.3, 0.4) is 0 Å². The third-order valence-corrected chi connectivity index (χ3v) is 4.38. The average molecular weight is 332 g/mol. The van der Waals surface area contributed by atoms with Gasteiger partial charge in [0.15, 0.2) is 0 Å². The summed E-state index contributed by atoms with van der Waals surface area (Å²) >= 11 is 6.21. The molecular weight excluding hydrogens is 314 g/mol. The number of aryl methyl sites for hydroxylation is 1. The van der Waals surface area contributed by atoms with Crippen LogP contribution in [0.4, 0.5) is 5.82 Å². The molecule has 2 atom stereocenters. The molecule has 2 aromatic heterocycles. The number of nitrogens with one attached hydrogen (secondary N) is 2. The molecule has 2 N–H and O–H groups in total. The summed E-state index contributed by atoms with van der Waals surface area (Å²) in [7, 11) is 0. The number of nitriles is 1. The van der Waals surface area contributed by atoms with Crippen molar-refractivity contribution in [3.05, 3.63) is 40.3 Å². The summed E-state index contributed by atoms with van der Waals surface area (Å²) < 4.78 is 5.91. The predicted octanol–water partition coefficient (Wildman–Crippen LogP) is 3.22. The maximum Gasteiger partial charge on any atom is 0.145 e. The Bertz CT molecular complexity index is 710. The highest BCUT2D eigenvalue weighted by Crippen LogP contribution is 2.33. The van der Waals surface area contributed by atoms with Crippen molar-refractivity contribution in [2.45, 2.75) is 25.9 Å². The lowest BCUT2D eigenvalue weighted by molar-refractivity contribution is -0.0264. The second kappa shape index (κ2) is 6.99. The van der Waals surface area contributed by atoms with Gasteiger partial charge in [-0.2, -0.15) is 10.4 Å². The fraction of sp³-hybridized carbons (Fsp3) is 0.438. The van der Waals surface area contributed by atoms with E-state index in [0.717, 1.165) is 25.1 Å². The molecule has 0 saturated carbocycles. The van der Waals surface area contributed by atoms with Crippen LogP contribution in [0, 0.1) is 24.2 Å². The molecule has 2 aromatic rings. The molecule has 0 radical (unpaired) electrons. The van der Waals surface area contributed by atoms with Gasteiger partial charge < -0.3 is 10.1 Å².